The van der Waals surface area contributed by atoms with Crippen LogP contribution in [0.5, 0.6) is 0 Å². The summed E-state index contributed by atoms with van der Waals surface area (Å²) in [5, 5.41) is 2.96. The predicted octanol–water partition coefficient (Wildman–Crippen LogP) is 2.26. The van der Waals surface area contributed by atoms with E-state index < -0.39 is 0 Å². The van der Waals surface area contributed by atoms with E-state index in [1.807, 2.05) is 6.92 Å². The number of aryl methyl sites for hydroxylation is 1. The first kappa shape index (κ1) is 13.1. The van der Waals surface area contributed by atoms with Gasteiger partial charge in [0.2, 0.25) is 5.91 Å². The van der Waals surface area contributed by atoms with Crippen molar-refractivity contribution in [2.45, 2.75) is 32.1 Å². The average Bonchev–Trinajstić information content (AvgIpc) is 2.42. The van der Waals surface area contributed by atoms with Gasteiger partial charge in [-0.3, -0.25) is 4.79 Å². The first-order chi connectivity index (χ1) is 8.81. The minimum Gasteiger partial charge on any atom is -0.372 e. The summed E-state index contributed by atoms with van der Waals surface area (Å²) in [6.07, 6.45) is 3.54. The van der Waals surface area contributed by atoms with Gasteiger partial charge in [0.1, 0.15) is 6.61 Å². The van der Waals surface area contributed by atoms with Crippen LogP contribution in [0.4, 0.5) is 0 Å². The monoisotopic (exact) mass is 247 g/mol. The van der Waals surface area contributed by atoms with Gasteiger partial charge in [0.25, 0.3) is 0 Å². The topological polar surface area (TPSA) is 38.3 Å². The summed E-state index contributed by atoms with van der Waals surface area (Å²) in [5.74, 6) is 0.445. The third-order valence-electron chi connectivity index (χ3n) is 3.48. The maximum atomic E-state index is 11.5. The molecule has 1 atom stereocenters. The molecule has 0 bridgehead atoms. The molecule has 1 unspecified atom stereocenters. The number of carbonyl (C=O) groups is 1. The molecular formula is C15H21NO2. The molecule has 3 heteroatoms. The molecule has 1 aromatic rings. The van der Waals surface area contributed by atoms with Crippen molar-refractivity contribution < 1.29 is 9.53 Å². The van der Waals surface area contributed by atoms with Crippen molar-refractivity contribution in [2.24, 2.45) is 0 Å². The lowest BCUT2D eigenvalue weighted by atomic mass is 9.83. The Hall–Kier alpha value is -1.35. The zero-order chi connectivity index (χ0) is 12.8. The van der Waals surface area contributed by atoms with Crippen molar-refractivity contribution in [3.8, 4) is 0 Å². The third kappa shape index (κ3) is 3.33. The minimum absolute atomic E-state index is 0.0140. The Morgan fingerprint density at radius 3 is 3.11 bits per heavy atom. The van der Waals surface area contributed by atoms with Crippen LogP contribution in [0.3, 0.4) is 0 Å². The van der Waals surface area contributed by atoms with Crippen LogP contribution >= 0.6 is 0 Å². The van der Waals surface area contributed by atoms with Crippen molar-refractivity contribution >= 4 is 5.91 Å². The van der Waals surface area contributed by atoms with Crippen molar-refractivity contribution in [2.75, 3.05) is 19.8 Å². The number of fused-ring (bicyclic) bond motifs is 1. The van der Waals surface area contributed by atoms with Gasteiger partial charge >= 0.3 is 0 Å². The maximum absolute atomic E-state index is 11.5. The molecule has 1 amide bonds. The lowest BCUT2D eigenvalue weighted by Gasteiger charge is -2.25. The number of rotatable bonds is 5. The molecule has 1 aromatic carbocycles. The number of amides is 1. The lowest BCUT2D eigenvalue weighted by molar-refractivity contribution is -0.125. The Kier molecular flexibility index (Phi) is 4.76. The molecule has 1 N–H and O–H groups in total. The molecule has 1 aliphatic carbocycles. The summed E-state index contributed by atoms with van der Waals surface area (Å²) >= 11 is 0. The normalized spacial score (nSPS) is 18.2. The Morgan fingerprint density at radius 2 is 2.28 bits per heavy atom. The van der Waals surface area contributed by atoms with Crippen molar-refractivity contribution in [3.05, 3.63) is 35.4 Å². The molecule has 0 saturated carbocycles. The number of nitrogens with one attached hydrogen (secondary N) is 1. The maximum Gasteiger partial charge on any atom is 0.246 e. The Morgan fingerprint density at radius 1 is 1.44 bits per heavy atom. The van der Waals surface area contributed by atoms with Crippen molar-refractivity contribution in [1.82, 2.24) is 5.32 Å². The van der Waals surface area contributed by atoms with Gasteiger partial charge in [0.15, 0.2) is 0 Å². The van der Waals surface area contributed by atoms with Crippen LogP contribution in [-0.4, -0.2) is 25.7 Å². The molecule has 2 rings (SSSR count). The van der Waals surface area contributed by atoms with Crippen molar-refractivity contribution in [3.63, 3.8) is 0 Å². The standard InChI is InChI=1S/C15H21NO2/c1-2-18-11-15(17)16-10-13-8-5-7-12-6-3-4-9-14(12)13/h3-4,6,9,13H,2,5,7-8,10-11H2,1H3,(H,16,17). The highest BCUT2D eigenvalue weighted by atomic mass is 16.5. The van der Waals surface area contributed by atoms with Crippen LogP contribution in [-0.2, 0) is 16.0 Å². The molecule has 0 aliphatic heterocycles. The molecule has 0 aromatic heterocycles. The highest BCUT2D eigenvalue weighted by Crippen LogP contribution is 2.30. The third-order valence-corrected chi connectivity index (χ3v) is 3.48. The van der Waals surface area contributed by atoms with Crippen LogP contribution in [0.2, 0.25) is 0 Å². The average molecular weight is 247 g/mol. The van der Waals surface area contributed by atoms with Crippen LogP contribution in [0.15, 0.2) is 24.3 Å². The fourth-order valence-corrected chi connectivity index (χ4v) is 2.55. The van der Waals surface area contributed by atoms with Gasteiger partial charge in [-0.1, -0.05) is 24.3 Å². The highest BCUT2D eigenvalue weighted by molar-refractivity contribution is 5.77. The molecule has 98 valence electrons. The molecule has 0 fully saturated rings. The van der Waals surface area contributed by atoms with E-state index in [4.69, 9.17) is 4.74 Å². The van der Waals surface area contributed by atoms with Gasteiger partial charge in [-0.05, 0) is 37.3 Å². The minimum atomic E-state index is -0.0140. The summed E-state index contributed by atoms with van der Waals surface area (Å²) in [7, 11) is 0. The zero-order valence-electron chi connectivity index (χ0n) is 10.9. The van der Waals surface area contributed by atoms with E-state index in [2.05, 4.69) is 29.6 Å². The molecule has 3 nitrogen and oxygen atoms in total. The summed E-state index contributed by atoms with van der Waals surface area (Å²) < 4.78 is 5.09. The van der Waals surface area contributed by atoms with Crippen LogP contribution in [0.25, 0.3) is 0 Å². The second-order valence-corrected chi connectivity index (χ2v) is 4.73. The van der Waals surface area contributed by atoms with E-state index in [-0.39, 0.29) is 12.5 Å². The van der Waals surface area contributed by atoms with E-state index in [1.54, 1.807) is 0 Å². The number of carbonyl (C=O) groups excluding carboxylic acids is 1. The molecule has 18 heavy (non-hydrogen) atoms. The molecule has 0 radical (unpaired) electrons. The second kappa shape index (κ2) is 6.55. The summed E-state index contributed by atoms with van der Waals surface area (Å²) in [6.45, 7) is 3.37. The van der Waals surface area contributed by atoms with E-state index in [0.29, 0.717) is 12.5 Å². The number of hydrogen-bond donors (Lipinski definition) is 1. The number of ether oxygens (including phenoxy) is 1. The first-order valence-corrected chi connectivity index (χ1v) is 6.73. The molecule has 1 aliphatic rings. The molecule has 0 heterocycles. The van der Waals surface area contributed by atoms with Crippen LogP contribution < -0.4 is 5.32 Å². The SMILES string of the molecule is CCOCC(=O)NCC1CCCc2ccccc21. The van der Waals surface area contributed by atoms with Crippen LogP contribution in [0, 0.1) is 0 Å². The predicted molar refractivity (Wildman–Crippen MR) is 71.6 cm³/mol. The van der Waals surface area contributed by atoms with E-state index in [9.17, 15) is 4.79 Å². The Bertz CT molecular complexity index is 403. The summed E-state index contributed by atoms with van der Waals surface area (Å²) in [4.78, 5) is 11.5. The highest BCUT2D eigenvalue weighted by Gasteiger charge is 2.19. The van der Waals surface area contributed by atoms with E-state index in [1.165, 1.54) is 24.0 Å². The van der Waals surface area contributed by atoms with Gasteiger partial charge in [-0.15, -0.1) is 0 Å². The van der Waals surface area contributed by atoms with Gasteiger partial charge in [0, 0.05) is 19.1 Å². The number of benzene rings is 1. The van der Waals surface area contributed by atoms with Gasteiger partial charge in [0.05, 0.1) is 0 Å². The molecule has 0 spiro atoms. The summed E-state index contributed by atoms with van der Waals surface area (Å²) in [5.41, 5.74) is 2.84. The lowest BCUT2D eigenvalue weighted by Crippen LogP contribution is -2.32. The second-order valence-electron chi connectivity index (χ2n) is 4.73. The van der Waals surface area contributed by atoms with E-state index >= 15 is 0 Å². The largest absolute Gasteiger partial charge is 0.372 e. The quantitative estimate of drug-likeness (QED) is 0.866. The smallest absolute Gasteiger partial charge is 0.246 e. The van der Waals surface area contributed by atoms with Crippen molar-refractivity contribution in [1.29, 1.82) is 0 Å². The van der Waals surface area contributed by atoms with Crippen LogP contribution in [0.1, 0.15) is 36.8 Å². The Labute approximate surface area is 109 Å². The number of hydrogen-bond acceptors (Lipinski definition) is 2. The zero-order valence-corrected chi connectivity index (χ0v) is 10.9. The fourth-order valence-electron chi connectivity index (χ4n) is 2.55. The summed E-state index contributed by atoms with van der Waals surface area (Å²) in [6, 6.07) is 8.56. The molecule has 0 saturated heterocycles. The Balaban J connectivity index is 1.89. The molecular weight excluding hydrogens is 226 g/mol. The van der Waals surface area contributed by atoms with Gasteiger partial charge in [-0.25, -0.2) is 0 Å². The van der Waals surface area contributed by atoms with E-state index in [0.717, 1.165) is 13.0 Å². The first-order valence-electron chi connectivity index (χ1n) is 6.73. The van der Waals surface area contributed by atoms with Gasteiger partial charge < -0.3 is 10.1 Å². The fraction of sp³-hybridized carbons (Fsp3) is 0.533. The van der Waals surface area contributed by atoms with Gasteiger partial charge in [-0.2, -0.15) is 0 Å².